The van der Waals surface area contributed by atoms with Gasteiger partial charge in [-0.15, -0.1) is 0 Å². The quantitative estimate of drug-likeness (QED) is 0.523. The lowest BCUT2D eigenvalue weighted by atomic mass is 9.99. The van der Waals surface area contributed by atoms with Crippen LogP contribution in [0.5, 0.6) is 0 Å². The fraction of sp³-hybridized carbons (Fsp3) is 0.909. The van der Waals surface area contributed by atoms with Crippen LogP contribution in [-0.2, 0) is 9.53 Å². The lowest BCUT2D eigenvalue weighted by molar-refractivity contribution is -0.140. The van der Waals surface area contributed by atoms with Crippen LogP contribution in [0.15, 0.2) is 0 Å². The molecule has 0 atom stereocenters. The second kappa shape index (κ2) is 4.78. The molecular formula is C11H21NO2. The summed E-state index contributed by atoms with van der Waals surface area (Å²) in [4.78, 5) is 10.8. The first kappa shape index (κ1) is 11.5. The summed E-state index contributed by atoms with van der Waals surface area (Å²) in [7, 11) is 1.43. The van der Waals surface area contributed by atoms with E-state index in [-0.39, 0.29) is 11.5 Å². The second-order valence-corrected chi connectivity index (χ2v) is 4.60. The topological polar surface area (TPSA) is 38.3 Å². The third-order valence-electron chi connectivity index (χ3n) is 2.96. The number of esters is 1. The van der Waals surface area contributed by atoms with Crippen molar-refractivity contribution >= 4 is 5.97 Å². The molecule has 0 spiro atoms. The van der Waals surface area contributed by atoms with Gasteiger partial charge in [0.2, 0.25) is 0 Å². The standard InChI is InChI=1S/C11H21NO2/c1-11(2,9-6-7-9)12-8-4-5-10(13)14-3/h9,12H,4-8H2,1-3H3. The first-order chi connectivity index (χ1) is 6.56. The van der Waals surface area contributed by atoms with E-state index in [1.54, 1.807) is 0 Å². The van der Waals surface area contributed by atoms with Crippen LogP contribution in [0, 0.1) is 5.92 Å². The molecule has 1 aliphatic rings. The molecule has 0 unspecified atom stereocenters. The zero-order valence-electron chi connectivity index (χ0n) is 9.43. The van der Waals surface area contributed by atoms with Crippen LogP contribution >= 0.6 is 0 Å². The van der Waals surface area contributed by atoms with Gasteiger partial charge in [-0.05, 0) is 45.6 Å². The Bertz CT molecular complexity index is 197. The molecule has 82 valence electrons. The molecule has 14 heavy (non-hydrogen) atoms. The van der Waals surface area contributed by atoms with Crippen molar-refractivity contribution in [2.24, 2.45) is 5.92 Å². The Morgan fingerprint density at radius 1 is 1.50 bits per heavy atom. The highest BCUT2D eigenvalue weighted by atomic mass is 16.5. The third kappa shape index (κ3) is 3.66. The zero-order valence-corrected chi connectivity index (χ0v) is 9.43. The van der Waals surface area contributed by atoms with E-state index in [0.29, 0.717) is 6.42 Å². The summed E-state index contributed by atoms with van der Waals surface area (Å²) in [6, 6.07) is 0. The normalized spacial score (nSPS) is 16.8. The molecule has 0 aromatic rings. The molecule has 0 aromatic carbocycles. The minimum absolute atomic E-state index is 0.115. The number of carbonyl (C=O) groups excluding carboxylic acids is 1. The van der Waals surface area contributed by atoms with Gasteiger partial charge in [-0.3, -0.25) is 4.79 Å². The van der Waals surface area contributed by atoms with Crippen LogP contribution in [-0.4, -0.2) is 25.2 Å². The lowest BCUT2D eigenvalue weighted by Gasteiger charge is -2.26. The number of ether oxygens (including phenoxy) is 1. The predicted molar refractivity (Wildman–Crippen MR) is 56.1 cm³/mol. The van der Waals surface area contributed by atoms with Crippen LogP contribution in [0.4, 0.5) is 0 Å². The van der Waals surface area contributed by atoms with E-state index in [1.807, 2.05) is 0 Å². The second-order valence-electron chi connectivity index (χ2n) is 4.60. The van der Waals surface area contributed by atoms with Gasteiger partial charge < -0.3 is 10.1 Å². The maximum absolute atomic E-state index is 10.8. The first-order valence-corrected chi connectivity index (χ1v) is 5.38. The van der Waals surface area contributed by atoms with Crippen LogP contribution in [0.2, 0.25) is 0 Å². The van der Waals surface area contributed by atoms with E-state index >= 15 is 0 Å². The molecule has 0 saturated heterocycles. The van der Waals surface area contributed by atoms with Gasteiger partial charge in [0.05, 0.1) is 7.11 Å². The van der Waals surface area contributed by atoms with Crippen molar-refractivity contribution in [2.75, 3.05) is 13.7 Å². The summed E-state index contributed by atoms with van der Waals surface area (Å²) in [5.74, 6) is 0.719. The molecule has 1 fully saturated rings. The van der Waals surface area contributed by atoms with Crippen molar-refractivity contribution in [3.8, 4) is 0 Å². The Morgan fingerprint density at radius 3 is 2.64 bits per heavy atom. The summed E-state index contributed by atoms with van der Waals surface area (Å²) in [6.45, 7) is 5.38. The molecule has 0 heterocycles. The van der Waals surface area contributed by atoms with Crippen LogP contribution < -0.4 is 5.32 Å². The van der Waals surface area contributed by atoms with E-state index in [1.165, 1.54) is 20.0 Å². The Kier molecular flexibility index (Phi) is 3.93. The molecule has 0 bridgehead atoms. The molecule has 0 radical (unpaired) electrons. The van der Waals surface area contributed by atoms with Gasteiger partial charge in [-0.1, -0.05) is 0 Å². The predicted octanol–water partition coefficient (Wildman–Crippen LogP) is 1.72. The van der Waals surface area contributed by atoms with E-state index in [2.05, 4.69) is 23.9 Å². The summed E-state index contributed by atoms with van der Waals surface area (Å²) in [6.07, 6.45) is 4.07. The summed E-state index contributed by atoms with van der Waals surface area (Å²) < 4.78 is 4.58. The van der Waals surface area contributed by atoms with Crippen molar-refractivity contribution in [3.05, 3.63) is 0 Å². The molecule has 1 aliphatic carbocycles. The minimum Gasteiger partial charge on any atom is -0.469 e. The van der Waals surface area contributed by atoms with Crippen molar-refractivity contribution in [1.82, 2.24) is 5.32 Å². The molecular weight excluding hydrogens is 178 g/mol. The largest absolute Gasteiger partial charge is 0.469 e. The van der Waals surface area contributed by atoms with Gasteiger partial charge in [0.25, 0.3) is 0 Å². The van der Waals surface area contributed by atoms with Gasteiger partial charge >= 0.3 is 5.97 Å². The summed E-state index contributed by atoms with van der Waals surface area (Å²) in [5.41, 5.74) is 0.246. The number of rotatable bonds is 6. The number of methoxy groups -OCH3 is 1. The maximum atomic E-state index is 10.8. The van der Waals surface area contributed by atoms with Crippen molar-refractivity contribution in [2.45, 2.75) is 45.1 Å². The van der Waals surface area contributed by atoms with Crippen molar-refractivity contribution in [1.29, 1.82) is 0 Å². The van der Waals surface area contributed by atoms with Gasteiger partial charge in [-0.25, -0.2) is 0 Å². The average molecular weight is 199 g/mol. The molecule has 1 rings (SSSR count). The van der Waals surface area contributed by atoms with Gasteiger partial charge in [-0.2, -0.15) is 0 Å². The number of hydrogen-bond donors (Lipinski definition) is 1. The fourth-order valence-corrected chi connectivity index (χ4v) is 1.69. The highest BCUT2D eigenvalue weighted by Crippen LogP contribution is 2.39. The van der Waals surface area contributed by atoms with Crippen molar-refractivity contribution in [3.63, 3.8) is 0 Å². The molecule has 3 nitrogen and oxygen atoms in total. The van der Waals surface area contributed by atoms with Gasteiger partial charge in [0, 0.05) is 12.0 Å². The molecule has 0 aromatic heterocycles. The Morgan fingerprint density at radius 2 is 2.14 bits per heavy atom. The smallest absolute Gasteiger partial charge is 0.305 e. The first-order valence-electron chi connectivity index (χ1n) is 5.38. The molecule has 0 amide bonds. The maximum Gasteiger partial charge on any atom is 0.305 e. The van der Waals surface area contributed by atoms with Crippen LogP contribution in [0.25, 0.3) is 0 Å². The Hall–Kier alpha value is -0.570. The zero-order chi connectivity index (χ0) is 10.6. The van der Waals surface area contributed by atoms with E-state index in [0.717, 1.165) is 18.9 Å². The fourth-order valence-electron chi connectivity index (χ4n) is 1.69. The lowest BCUT2D eigenvalue weighted by Crippen LogP contribution is -2.41. The van der Waals surface area contributed by atoms with Crippen LogP contribution in [0.3, 0.4) is 0 Å². The van der Waals surface area contributed by atoms with E-state index in [4.69, 9.17) is 0 Å². The van der Waals surface area contributed by atoms with Gasteiger partial charge in [0.15, 0.2) is 0 Å². The van der Waals surface area contributed by atoms with Crippen molar-refractivity contribution < 1.29 is 9.53 Å². The number of carbonyl (C=O) groups is 1. The monoisotopic (exact) mass is 199 g/mol. The SMILES string of the molecule is COC(=O)CCCNC(C)(C)C1CC1. The highest BCUT2D eigenvalue weighted by molar-refractivity contribution is 5.69. The van der Waals surface area contributed by atoms with E-state index in [9.17, 15) is 4.79 Å². The molecule has 3 heteroatoms. The summed E-state index contributed by atoms with van der Waals surface area (Å²) in [5, 5.41) is 3.49. The van der Waals surface area contributed by atoms with Gasteiger partial charge in [0.1, 0.15) is 0 Å². The minimum atomic E-state index is -0.115. The number of nitrogens with one attached hydrogen (secondary N) is 1. The Balaban J connectivity index is 2.05. The third-order valence-corrected chi connectivity index (χ3v) is 2.96. The highest BCUT2D eigenvalue weighted by Gasteiger charge is 2.36. The molecule has 0 aliphatic heterocycles. The Labute approximate surface area is 86.2 Å². The average Bonchev–Trinajstić information content (AvgIpc) is 2.95. The summed E-state index contributed by atoms with van der Waals surface area (Å²) >= 11 is 0. The van der Waals surface area contributed by atoms with E-state index < -0.39 is 0 Å². The van der Waals surface area contributed by atoms with Crippen LogP contribution in [0.1, 0.15) is 39.5 Å². The molecule has 1 N–H and O–H groups in total. The molecule has 1 saturated carbocycles. The number of hydrogen-bond acceptors (Lipinski definition) is 3.